The Kier molecular flexibility index (Phi) is 4.69. The lowest BCUT2D eigenvalue weighted by atomic mass is 10.1. The van der Waals surface area contributed by atoms with Crippen LogP contribution in [-0.2, 0) is 11.8 Å². The third-order valence-electron chi connectivity index (χ3n) is 7.52. The molecule has 2 aliphatic heterocycles. The van der Waals surface area contributed by atoms with Gasteiger partial charge in [0.05, 0.1) is 42.7 Å². The molecule has 2 saturated heterocycles. The van der Waals surface area contributed by atoms with Gasteiger partial charge in [-0.05, 0) is 19.1 Å². The summed E-state index contributed by atoms with van der Waals surface area (Å²) >= 11 is 0. The number of carbonyl (C=O) groups excluding carboxylic acids is 1. The SMILES string of the molecule is Cc1cn2cc(NC(=O)c3ccc(N4CCC(=NC5C6COCC65)C4)c4cn(C)nc34)cc(F)c2n1. The molecule has 7 rings (SSSR count). The molecule has 5 heterocycles. The summed E-state index contributed by atoms with van der Waals surface area (Å²) in [5, 5.41) is 8.33. The number of aliphatic imine (C=N–C) groups is 1. The number of hydrogen-bond donors (Lipinski definition) is 1. The van der Waals surface area contributed by atoms with Crippen LogP contribution in [0, 0.1) is 24.6 Å². The van der Waals surface area contributed by atoms with Crippen LogP contribution in [-0.4, -0.2) is 63.1 Å². The molecule has 9 nitrogen and oxygen atoms in total. The van der Waals surface area contributed by atoms with Crippen LogP contribution < -0.4 is 10.2 Å². The standard InChI is InChI=1S/C26H26FN7O2/c1-14-8-34-10-16(7-21(27)25(34)28-14)30-26(35)17-3-4-22(18-11-32(2)31-24(17)18)33-6-5-15(9-33)29-23-19-12-36-13-20(19)23/h3-4,7-8,10-11,19-20,23H,5-6,9,12-13H2,1-2H3,(H,30,35). The number of amides is 1. The molecular formula is C26H26FN7O2. The van der Waals surface area contributed by atoms with Crippen molar-refractivity contribution in [2.24, 2.45) is 23.9 Å². The normalized spacial score (nSPS) is 24.2. The monoisotopic (exact) mass is 487 g/mol. The molecule has 3 aromatic heterocycles. The highest BCUT2D eigenvalue weighted by Gasteiger charge is 2.54. The van der Waals surface area contributed by atoms with Crippen LogP contribution in [0.15, 0.2) is 41.8 Å². The maximum Gasteiger partial charge on any atom is 0.257 e. The number of halogens is 1. The molecule has 3 fully saturated rings. The highest BCUT2D eigenvalue weighted by Crippen LogP contribution is 2.47. The Hall–Kier alpha value is -3.79. The smallest absolute Gasteiger partial charge is 0.257 e. The Labute approximate surface area is 206 Å². The highest BCUT2D eigenvalue weighted by atomic mass is 19.1. The Balaban J connectivity index is 1.16. The molecule has 1 aromatic carbocycles. The lowest BCUT2D eigenvalue weighted by Gasteiger charge is -2.19. The van der Waals surface area contributed by atoms with E-state index < -0.39 is 5.82 Å². The lowest BCUT2D eigenvalue weighted by Crippen LogP contribution is -2.21. The second-order valence-electron chi connectivity index (χ2n) is 10.1. The van der Waals surface area contributed by atoms with Gasteiger partial charge in [-0.3, -0.25) is 14.5 Å². The minimum Gasteiger partial charge on any atom is -0.381 e. The van der Waals surface area contributed by atoms with Gasteiger partial charge in [-0.2, -0.15) is 5.10 Å². The van der Waals surface area contributed by atoms with Gasteiger partial charge in [0, 0.05) is 73.3 Å². The van der Waals surface area contributed by atoms with Gasteiger partial charge in [-0.1, -0.05) is 0 Å². The van der Waals surface area contributed by atoms with Gasteiger partial charge < -0.3 is 19.4 Å². The van der Waals surface area contributed by atoms with Crippen molar-refractivity contribution >= 4 is 39.5 Å². The van der Waals surface area contributed by atoms with E-state index in [1.807, 2.05) is 19.3 Å². The van der Waals surface area contributed by atoms with E-state index in [2.05, 4.69) is 20.3 Å². The minimum atomic E-state index is -0.493. The van der Waals surface area contributed by atoms with Crippen molar-refractivity contribution in [3.63, 3.8) is 0 Å². The van der Waals surface area contributed by atoms with E-state index in [0.717, 1.165) is 43.8 Å². The van der Waals surface area contributed by atoms with E-state index in [1.54, 1.807) is 34.5 Å². The van der Waals surface area contributed by atoms with Crippen molar-refractivity contribution in [1.82, 2.24) is 19.2 Å². The number of rotatable bonds is 4. The molecule has 3 aliphatic rings. The molecule has 1 N–H and O–H groups in total. The third-order valence-corrected chi connectivity index (χ3v) is 7.52. The van der Waals surface area contributed by atoms with Crippen molar-refractivity contribution in [3.8, 4) is 0 Å². The first kappa shape index (κ1) is 21.5. The Morgan fingerprint density at radius 3 is 2.89 bits per heavy atom. The van der Waals surface area contributed by atoms with Crippen molar-refractivity contribution in [2.45, 2.75) is 19.4 Å². The van der Waals surface area contributed by atoms with Crippen LogP contribution >= 0.6 is 0 Å². The van der Waals surface area contributed by atoms with Gasteiger partial charge in [0.15, 0.2) is 11.5 Å². The molecule has 36 heavy (non-hydrogen) atoms. The minimum absolute atomic E-state index is 0.230. The van der Waals surface area contributed by atoms with Crippen LogP contribution in [0.25, 0.3) is 16.6 Å². The summed E-state index contributed by atoms with van der Waals surface area (Å²) in [4.78, 5) is 24.8. The lowest BCUT2D eigenvalue weighted by molar-refractivity contribution is 0.102. The highest BCUT2D eigenvalue weighted by molar-refractivity contribution is 6.14. The van der Waals surface area contributed by atoms with E-state index in [9.17, 15) is 9.18 Å². The predicted octanol–water partition coefficient (Wildman–Crippen LogP) is 3.22. The molecule has 0 bridgehead atoms. The Morgan fingerprint density at radius 1 is 1.22 bits per heavy atom. The first-order chi connectivity index (χ1) is 17.4. The Bertz CT molecular complexity index is 1560. The van der Waals surface area contributed by atoms with Crippen molar-refractivity contribution < 1.29 is 13.9 Å². The first-order valence-electron chi connectivity index (χ1n) is 12.3. The summed E-state index contributed by atoms with van der Waals surface area (Å²) in [6, 6.07) is 5.50. The zero-order valence-electron chi connectivity index (χ0n) is 20.1. The number of ether oxygens (including phenoxy) is 1. The molecule has 2 unspecified atom stereocenters. The average Bonchev–Trinajstić information content (AvgIpc) is 3.41. The molecule has 4 aromatic rings. The molecular weight excluding hydrogens is 461 g/mol. The van der Waals surface area contributed by atoms with E-state index in [4.69, 9.17) is 9.73 Å². The first-order valence-corrected chi connectivity index (χ1v) is 12.3. The number of aromatic nitrogens is 4. The molecule has 1 amide bonds. The number of fused-ring (bicyclic) bond motifs is 3. The molecule has 10 heteroatoms. The number of imidazole rings is 1. The number of benzene rings is 1. The van der Waals surface area contributed by atoms with Gasteiger partial charge in [-0.25, -0.2) is 9.37 Å². The van der Waals surface area contributed by atoms with Crippen LogP contribution in [0.4, 0.5) is 15.8 Å². The molecule has 1 saturated carbocycles. The van der Waals surface area contributed by atoms with Gasteiger partial charge in [-0.15, -0.1) is 0 Å². The number of nitrogens with zero attached hydrogens (tertiary/aromatic N) is 6. The second kappa shape index (κ2) is 7.86. The van der Waals surface area contributed by atoms with Gasteiger partial charge in [0.1, 0.15) is 5.52 Å². The van der Waals surface area contributed by atoms with Crippen molar-refractivity contribution in [2.75, 3.05) is 36.5 Å². The van der Waals surface area contributed by atoms with Crippen LogP contribution in [0.2, 0.25) is 0 Å². The van der Waals surface area contributed by atoms with E-state index in [1.165, 1.54) is 11.8 Å². The fourth-order valence-corrected chi connectivity index (χ4v) is 5.68. The van der Waals surface area contributed by atoms with Crippen molar-refractivity contribution in [3.05, 3.63) is 53.9 Å². The maximum absolute atomic E-state index is 14.5. The van der Waals surface area contributed by atoms with E-state index in [-0.39, 0.29) is 11.6 Å². The summed E-state index contributed by atoms with van der Waals surface area (Å²) < 4.78 is 23.3. The fraction of sp³-hybridized carbons (Fsp3) is 0.385. The maximum atomic E-state index is 14.5. The quantitative estimate of drug-likeness (QED) is 0.478. The number of nitrogens with one attached hydrogen (secondary N) is 1. The zero-order valence-corrected chi connectivity index (χ0v) is 20.1. The van der Waals surface area contributed by atoms with E-state index in [0.29, 0.717) is 40.3 Å². The molecule has 2 atom stereocenters. The summed E-state index contributed by atoms with van der Waals surface area (Å²) in [6.07, 6.45) is 6.27. The predicted molar refractivity (Wildman–Crippen MR) is 134 cm³/mol. The van der Waals surface area contributed by atoms with Crippen LogP contribution in [0.1, 0.15) is 22.5 Å². The number of anilines is 2. The van der Waals surface area contributed by atoms with Crippen molar-refractivity contribution in [1.29, 1.82) is 0 Å². The molecule has 0 spiro atoms. The van der Waals surface area contributed by atoms with Gasteiger partial charge in [0.2, 0.25) is 0 Å². The number of carbonyl (C=O) groups is 1. The van der Waals surface area contributed by atoms with Gasteiger partial charge in [0.25, 0.3) is 5.91 Å². The van der Waals surface area contributed by atoms with Gasteiger partial charge >= 0.3 is 0 Å². The summed E-state index contributed by atoms with van der Waals surface area (Å²) in [5.74, 6) is 0.391. The topological polar surface area (TPSA) is 89.0 Å². The summed E-state index contributed by atoms with van der Waals surface area (Å²) in [6.45, 7) is 5.16. The third kappa shape index (κ3) is 3.47. The number of pyridine rings is 1. The average molecular weight is 488 g/mol. The molecule has 184 valence electrons. The second-order valence-corrected chi connectivity index (χ2v) is 10.1. The summed E-state index contributed by atoms with van der Waals surface area (Å²) in [5.41, 5.74) is 4.62. The fourth-order valence-electron chi connectivity index (χ4n) is 5.68. The molecule has 1 aliphatic carbocycles. The zero-order chi connectivity index (χ0) is 24.6. The Morgan fingerprint density at radius 2 is 2.06 bits per heavy atom. The number of aryl methyl sites for hydroxylation is 2. The van der Waals surface area contributed by atoms with Crippen LogP contribution in [0.3, 0.4) is 0 Å². The summed E-state index contributed by atoms with van der Waals surface area (Å²) in [7, 11) is 1.85. The van der Waals surface area contributed by atoms with E-state index >= 15 is 0 Å². The largest absolute Gasteiger partial charge is 0.381 e. The number of hydrogen-bond acceptors (Lipinski definition) is 6. The van der Waals surface area contributed by atoms with Crippen LogP contribution in [0.5, 0.6) is 0 Å². The molecule has 0 radical (unpaired) electrons.